The lowest BCUT2D eigenvalue weighted by Gasteiger charge is -2.30. The average molecular weight is 829 g/mol. The van der Waals surface area contributed by atoms with Crippen LogP contribution in [0, 0.1) is 0 Å². The maximum atomic E-state index is 12.1. The first-order valence-electron chi connectivity index (χ1n) is 18.1. The normalized spacial score (nSPS) is 12.0. The van der Waals surface area contributed by atoms with Gasteiger partial charge in [0.2, 0.25) is 0 Å². The van der Waals surface area contributed by atoms with Crippen molar-refractivity contribution in [1.82, 2.24) is 15.0 Å². The lowest BCUT2D eigenvalue weighted by atomic mass is 9.72. The van der Waals surface area contributed by atoms with Gasteiger partial charge >= 0.3 is 14.2 Å². The molecule has 4 aromatic rings. The zero-order chi connectivity index (χ0) is 37.5. The standard InChI is InChI=1S/C38H53B2Br2N3O6/c1-9-11-13-15-19-49-32-24-28(33(23-27(32)39(46)47)50-20-16-14-12-10-2)40(48)51-36-26(38(6,7)8)21-25(37(3,4)5)22-31(36)45-43-34-29(41)17-18-30(42)35(34)44-45/h17-18,21-24,46-48H,9-16,19-20H2,1-8H3. The zero-order valence-corrected chi connectivity index (χ0v) is 34.5. The number of hydrogen-bond donors (Lipinski definition) is 3. The van der Waals surface area contributed by atoms with E-state index in [2.05, 4.69) is 93.3 Å². The van der Waals surface area contributed by atoms with Crippen LogP contribution in [-0.2, 0) is 10.8 Å². The smallest absolute Gasteiger partial charge is 0.530 e. The zero-order valence-electron chi connectivity index (χ0n) is 31.4. The molecule has 4 rings (SSSR count). The molecular formula is C38H53B2Br2N3O6. The van der Waals surface area contributed by atoms with Crippen LogP contribution >= 0.6 is 31.9 Å². The number of hydrogen-bond acceptors (Lipinski definition) is 8. The molecule has 0 atom stereocenters. The van der Waals surface area contributed by atoms with Crippen LogP contribution in [0.1, 0.15) is 118 Å². The van der Waals surface area contributed by atoms with Crippen molar-refractivity contribution in [1.29, 1.82) is 0 Å². The van der Waals surface area contributed by atoms with Crippen molar-refractivity contribution in [3.05, 3.63) is 56.5 Å². The Morgan fingerprint density at radius 3 is 1.67 bits per heavy atom. The lowest BCUT2D eigenvalue weighted by molar-refractivity contribution is 0.298. The molecule has 9 nitrogen and oxygen atoms in total. The number of halogens is 2. The van der Waals surface area contributed by atoms with Gasteiger partial charge in [-0.3, -0.25) is 0 Å². The molecule has 0 radical (unpaired) electrons. The van der Waals surface area contributed by atoms with Crippen LogP contribution in [0.4, 0.5) is 0 Å². The molecule has 0 spiro atoms. The molecule has 51 heavy (non-hydrogen) atoms. The Morgan fingerprint density at radius 1 is 0.686 bits per heavy atom. The summed E-state index contributed by atoms with van der Waals surface area (Å²) in [6.07, 6.45) is 7.97. The predicted octanol–water partition coefficient (Wildman–Crippen LogP) is 7.91. The molecule has 276 valence electrons. The fourth-order valence-corrected chi connectivity index (χ4v) is 6.55. The van der Waals surface area contributed by atoms with Gasteiger partial charge in [0.05, 0.1) is 13.2 Å². The van der Waals surface area contributed by atoms with Gasteiger partial charge in [-0.25, -0.2) is 0 Å². The molecular weight excluding hydrogens is 776 g/mol. The topological polar surface area (TPSA) is 119 Å². The third-order valence-corrected chi connectivity index (χ3v) is 10.1. The number of rotatable bonds is 17. The molecule has 0 aliphatic rings. The van der Waals surface area contributed by atoms with Crippen molar-refractivity contribution in [2.45, 2.75) is 118 Å². The number of unbranched alkanes of at least 4 members (excludes halogenated alkanes) is 6. The van der Waals surface area contributed by atoms with Gasteiger partial charge in [0.25, 0.3) is 0 Å². The van der Waals surface area contributed by atoms with E-state index in [0.717, 1.165) is 71.4 Å². The van der Waals surface area contributed by atoms with Gasteiger partial charge in [0, 0.05) is 25.4 Å². The van der Waals surface area contributed by atoms with Crippen LogP contribution in [0.25, 0.3) is 16.7 Å². The van der Waals surface area contributed by atoms with Gasteiger partial charge < -0.3 is 29.2 Å². The Morgan fingerprint density at radius 2 is 1.20 bits per heavy atom. The highest BCUT2D eigenvalue weighted by atomic mass is 79.9. The lowest BCUT2D eigenvalue weighted by Crippen LogP contribution is -2.41. The summed E-state index contributed by atoms with van der Waals surface area (Å²) < 4.78 is 20.6. The molecule has 0 unspecified atom stereocenters. The summed E-state index contributed by atoms with van der Waals surface area (Å²) in [6, 6.07) is 11.1. The molecule has 0 aliphatic carbocycles. The third kappa shape index (κ3) is 10.5. The number of aromatic nitrogens is 3. The summed E-state index contributed by atoms with van der Waals surface area (Å²) in [5.41, 5.74) is 3.68. The van der Waals surface area contributed by atoms with E-state index >= 15 is 0 Å². The van der Waals surface area contributed by atoms with E-state index in [1.54, 1.807) is 16.9 Å². The number of nitrogens with zero attached hydrogens (tertiary/aromatic N) is 3. The van der Waals surface area contributed by atoms with Crippen LogP contribution in [0.2, 0.25) is 0 Å². The molecule has 0 fully saturated rings. The quantitative estimate of drug-likeness (QED) is 0.0727. The molecule has 3 aromatic carbocycles. The third-order valence-electron chi connectivity index (χ3n) is 8.83. The van der Waals surface area contributed by atoms with Crippen molar-refractivity contribution in [2.75, 3.05) is 13.2 Å². The predicted molar refractivity (Wildman–Crippen MR) is 215 cm³/mol. The Hall–Kier alpha value is -2.57. The highest BCUT2D eigenvalue weighted by molar-refractivity contribution is 9.11. The molecule has 0 saturated heterocycles. The molecule has 1 heterocycles. The van der Waals surface area contributed by atoms with Gasteiger partial charge in [-0.05, 0) is 91.4 Å². The van der Waals surface area contributed by atoms with E-state index in [1.807, 2.05) is 18.2 Å². The van der Waals surface area contributed by atoms with E-state index in [-0.39, 0.29) is 16.6 Å². The van der Waals surface area contributed by atoms with Gasteiger partial charge in [0.1, 0.15) is 34.0 Å². The fraction of sp³-hybridized carbons (Fsp3) is 0.526. The second kappa shape index (κ2) is 18.0. The van der Waals surface area contributed by atoms with E-state index in [0.29, 0.717) is 46.9 Å². The largest absolute Gasteiger partial charge is 0.564 e. The van der Waals surface area contributed by atoms with Crippen molar-refractivity contribution in [2.24, 2.45) is 0 Å². The Balaban J connectivity index is 1.88. The summed E-state index contributed by atoms with van der Waals surface area (Å²) in [4.78, 5) is 1.56. The second-order valence-corrected chi connectivity index (χ2v) is 16.9. The first kappa shape index (κ1) is 41.2. The monoisotopic (exact) mass is 827 g/mol. The molecule has 3 N–H and O–H groups in total. The first-order chi connectivity index (χ1) is 24.1. The minimum atomic E-state index is -1.80. The number of ether oxygens (including phenoxy) is 2. The molecule has 0 amide bonds. The highest BCUT2D eigenvalue weighted by Gasteiger charge is 2.34. The maximum Gasteiger partial charge on any atom is 0.564 e. The summed E-state index contributed by atoms with van der Waals surface area (Å²) in [6.45, 7) is 17.8. The maximum absolute atomic E-state index is 12.1. The number of benzene rings is 3. The van der Waals surface area contributed by atoms with Crippen LogP contribution in [0.15, 0.2) is 45.3 Å². The minimum absolute atomic E-state index is 0.166. The van der Waals surface area contributed by atoms with Crippen molar-refractivity contribution < 1.29 is 29.2 Å². The van der Waals surface area contributed by atoms with Crippen LogP contribution in [-0.4, -0.2) is 57.5 Å². The Bertz CT molecular complexity index is 1730. The Labute approximate surface area is 321 Å². The summed E-state index contributed by atoms with van der Waals surface area (Å²) >= 11 is 7.25. The van der Waals surface area contributed by atoms with Crippen LogP contribution in [0.5, 0.6) is 17.2 Å². The van der Waals surface area contributed by atoms with Crippen molar-refractivity contribution in [3.8, 4) is 22.9 Å². The summed E-state index contributed by atoms with van der Waals surface area (Å²) in [5.74, 6) is 0.964. The van der Waals surface area contributed by atoms with Gasteiger partial charge in [-0.1, -0.05) is 100.0 Å². The van der Waals surface area contributed by atoms with E-state index in [9.17, 15) is 15.1 Å². The molecule has 1 aromatic heterocycles. The average Bonchev–Trinajstić information content (AvgIpc) is 3.52. The fourth-order valence-electron chi connectivity index (χ4n) is 5.75. The highest BCUT2D eigenvalue weighted by Crippen LogP contribution is 2.41. The van der Waals surface area contributed by atoms with Crippen LogP contribution in [0.3, 0.4) is 0 Å². The van der Waals surface area contributed by atoms with Crippen molar-refractivity contribution in [3.63, 3.8) is 0 Å². The molecule has 0 saturated carbocycles. The molecule has 0 aliphatic heterocycles. The van der Waals surface area contributed by atoms with E-state index in [4.69, 9.17) is 24.3 Å². The van der Waals surface area contributed by atoms with E-state index < -0.39 is 19.7 Å². The van der Waals surface area contributed by atoms with Gasteiger partial charge in [0.15, 0.2) is 0 Å². The number of fused-ring (bicyclic) bond motifs is 1. The molecule has 0 bridgehead atoms. The van der Waals surface area contributed by atoms with Crippen molar-refractivity contribution >= 4 is 68.1 Å². The first-order valence-corrected chi connectivity index (χ1v) is 19.7. The van der Waals surface area contributed by atoms with Gasteiger partial charge in [-0.15, -0.1) is 15.0 Å². The van der Waals surface area contributed by atoms with Gasteiger partial charge in [-0.2, -0.15) is 0 Å². The summed E-state index contributed by atoms with van der Waals surface area (Å²) in [5, 5.41) is 42.5. The SMILES string of the molecule is CCCCCCOc1cc(B(O)Oc2c(-n3nc4c(Br)ccc(Br)c4n3)cc(C(C)(C)C)cc2C(C)(C)C)c(OCCCCCC)cc1B(O)O. The summed E-state index contributed by atoms with van der Waals surface area (Å²) in [7, 11) is -3.32. The second-order valence-electron chi connectivity index (χ2n) is 15.2. The molecule has 13 heteroatoms. The minimum Gasteiger partial charge on any atom is -0.530 e. The van der Waals surface area contributed by atoms with E-state index in [1.165, 1.54) is 0 Å². The Kier molecular flexibility index (Phi) is 14.5. The van der Waals surface area contributed by atoms with Crippen LogP contribution < -0.4 is 25.1 Å².